The first kappa shape index (κ1) is 23.6. The van der Waals surface area contributed by atoms with Gasteiger partial charge in [-0.3, -0.25) is 0 Å². The lowest BCUT2D eigenvalue weighted by Gasteiger charge is -2.22. The highest BCUT2D eigenvalue weighted by molar-refractivity contribution is 5.10. The van der Waals surface area contributed by atoms with Gasteiger partial charge in [-0.05, 0) is 19.8 Å². The lowest BCUT2D eigenvalue weighted by atomic mass is 9.97. The third kappa shape index (κ3) is 9.63. The third-order valence-electron chi connectivity index (χ3n) is 3.69. The minimum atomic E-state index is -4.35. The fraction of sp³-hybridized carbons (Fsp3) is 0.579. The van der Waals surface area contributed by atoms with E-state index in [0.717, 1.165) is 11.6 Å². The Morgan fingerprint density at radius 1 is 1.28 bits per heavy atom. The molecule has 0 aromatic heterocycles. The maximum absolute atomic E-state index is 12.8. The number of methoxy groups -OCH3 is 1. The molecule has 0 heterocycles. The Hall–Kier alpha value is -1.37. The van der Waals surface area contributed by atoms with E-state index >= 15 is 0 Å². The summed E-state index contributed by atoms with van der Waals surface area (Å²) in [6.45, 7) is 10.7. The van der Waals surface area contributed by atoms with Crippen molar-refractivity contribution in [1.82, 2.24) is 0 Å². The molecule has 0 unspecified atom stereocenters. The van der Waals surface area contributed by atoms with Crippen LogP contribution in [0.25, 0.3) is 0 Å². The van der Waals surface area contributed by atoms with Gasteiger partial charge in [-0.25, -0.2) is 0 Å². The first-order chi connectivity index (χ1) is 11.7. The van der Waals surface area contributed by atoms with Gasteiger partial charge in [0.25, 0.3) is 0 Å². The van der Waals surface area contributed by atoms with E-state index in [1.54, 1.807) is 6.92 Å². The van der Waals surface area contributed by atoms with E-state index in [0.29, 0.717) is 0 Å². The third-order valence-corrected chi connectivity index (χ3v) is 3.69. The molecule has 0 aromatic carbocycles. The summed E-state index contributed by atoms with van der Waals surface area (Å²) < 4.78 is 48.8. The highest BCUT2D eigenvalue weighted by Crippen LogP contribution is 2.29. The number of hydrogen-bond acceptors (Lipinski definition) is 3. The molecule has 3 nitrogen and oxygen atoms in total. The molecule has 144 valence electrons. The molecule has 6 heteroatoms. The van der Waals surface area contributed by atoms with Crippen LogP contribution in [-0.4, -0.2) is 43.8 Å². The molecule has 0 aliphatic heterocycles. The van der Waals surface area contributed by atoms with Crippen molar-refractivity contribution in [2.75, 3.05) is 20.3 Å². The van der Waals surface area contributed by atoms with Crippen molar-refractivity contribution in [3.8, 4) is 0 Å². The van der Waals surface area contributed by atoms with E-state index < -0.39 is 24.0 Å². The zero-order valence-electron chi connectivity index (χ0n) is 15.2. The summed E-state index contributed by atoms with van der Waals surface area (Å²) >= 11 is 0. The van der Waals surface area contributed by atoms with Crippen LogP contribution in [0.1, 0.15) is 26.7 Å². The van der Waals surface area contributed by atoms with Crippen LogP contribution in [0.15, 0.2) is 48.6 Å². The standard InChI is InChI=1S/C19H29F3O3/c1-6-8-9-16(19(20,21)22)10-11-25-13-14(3)12-15(4)18(23)17(7-2)24-5/h6-7,10,12,15,17-18,23H,1-2,8-9,11,13H2,3-5H3/b14-12-,16-10+/t15-,17+,18+/m1/s1. The van der Waals surface area contributed by atoms with E-state index in [4.69, 9.17) is 9.47 Å². The molecular formula is C19H29F3O3. The Kier molecular flexibility index (Phi) is 11.4. The quantitative estimate of drug-likeness (QED) is 0.407. The van der Waals surface area contributed by atoms with E-state index in [2.05, 4.69) is 13.2 Å². The fourth-order valence-electron chi connectivity index (χ4n) is 2.27. The Bertz CT molecular complexity index is 467. The molecule has 0 aliphatic rings. The van der Waals surface area contributed by atoms with E-state index in [9.17, 15) is 18.3 Å². The normalized spacial score (nSPS) is 17.1. The summed E-state index contributed by atoms with van der Waals surface area (Å²) in [4.78, 5) is 0. The average molecular weight is 362 g/mol. The molecule has 0 aliphatic carbocycles. The Morgan fingerprint density at radius 2 is 1.92 bits per heavy atom. The maximum Gasteiger partial charge on any atom is 0.412 e. The molecular weight excluding hydrogens is 333 g/mol. The van der Waals surface area contributed by atoms with Gasteiger partial charge in [0.05, 0.1) is 19.3 Å². The van der Waals surface area contributed by atoms with Gasteiger partial charge >= 0.3 is 6.18 Å². The largest absolute Gasteiger partial charge is 0.412 e. The molecule has 0 bridgehead atoms. The van der Waals surface area contributed by atoms with Crippen molar-refractivity contribution in [2.45, 2.75) is 45.1 Å². The van der Waals surface area contributed by atoms with Gasteiger partial charge in [0.2, 0.25) is 0 Å². The lowest BCUT2D eigenvalue weighted by molar-refractivity contribution is -0.0945. The van der Waals surface area contributed by atoms with Crippen LogP contribution in [-0.2, 0) is 9.47 Å². The number of ether oxygens (including phenoxy) is 2. The minimum absolute atomic E-state index is 0.103. The predicted octanol–water partition coefficient (Wildman–Crippen LogP) is 4.60. The van der Waals surface area contributed by atoms with Crippen molar-refractivity contribution in [1.29, 1.82) is 0 Å². The number of allylic oxidation sites excluding steroid dienone is 2. The molecule has 0 saturated heterocycles. The summed E-state index contributed by atoms with van der Waals surface area (Å²) in [5.74, 6) is -0.208. The van der Waals surface area contributed by atoms with Crippen molar-refractivity contribution >= 4 is 0 Å². The van der Waals surface area contributed by atoms with E-state index in [-0.39, 0.29) is 32.0 Å². The van der Waals surface area contributed by atoms with Crippen molar-refractivity contribution in [3.63, 3.8) is 0 Å². The molecule has 0 aromatic rings. The van der Waals surface area contributed by atoms with Crippen molar-refractivity contribution in [3.05, 3.63) is 48.6 Å². The van der Waals surface area contributed by atoms with Crippen molar-refractivity contribution < 1.29 is 27.8 Å². The summed E-state index contributed by atoms with van der Waals surface area (Å²) in [5.41, 5.74) is 0.213. The summed E-state index contributed by atoms with van der Waals surface area (Å²) in [6, 6.07) is 0. The second kappa shape index (κ2) is 12.1. The second-order valence-electron chi connectivity index (χ2n) is 5.87. The number of rotatable bonds is 12. The zero-order valence-corrected chi connectivity index (χ0v) is 15.2. The van der Waals surface area contributed by atoms with Crippen LogP contribution in [0.2, 0.25) is 0 Å². The monoisotopic (exact) mass is 362 g/mol. The number of hydrogen-bond donors (Lipinski definition) is 1. The van der Waals surface area contributed by atoms with E-state index in [1.165, 1.54) is 19.3 Å². The van der Waals surface area contributed by atoms with E-state index in [1.807, 2.05) is 13.0 Å². The van der Waals surface area contributed by atoms with Crippen molar-refractivity contribution in [2.24, 2.45) is 5.92 Å². The molecule has 0 radical (unpaired) electrons. The molecule has 3 atom stereocenters. The number of aliphatic hydroxyl groups excluding tert-OH is 1. The fourth-order valence-corrected chi connectivity index (χ4v) is 2.27. The Labute approximate surface area is 148 Å². The van der Waals surface area contributed by atoms with Gasteiger partial charge in [-0.1, -0.05) is 36.8 Å². The highest BCUT2D eigenvalue weighted by atomic mass is 19.4. The van der Waals surface area contributed by atoms with Gasteiger partial charge in [0.15, 0.2) is 0 Å². The van der Waals surface area contributed by atoms with Gasteiger partial charge < -0.3 is 14.6 Å². The molecule has 1 N–H and O–H groups in total. The molecule has 0 saturated carbocycles. The van der Waals surface area contributed by atoms with Crippen LogP contribution in [0.4, 0.5) is 13.2 Å². The van der Waals surface area contributed by atoms with Gasteiger partial charge in [-0.2, -0.15) is 13.2 Å². The number of halogens is 3. The zero-order chi connectivity index (χ0) is 19.5. The summed E-state index contributed by atoms with van der Waals surface area (Å²) in [7, 11) is 1.49. The topological polar surface area (TPSA) is 38.7 Å². The van der Waals surface area contributed by atoms with Crippen LogP contribution in [0.3, 0.4) is 0 Å². The minimum Gasteiger partial charge on any atom is -0.389 e. The highest BCUT2D eigenvalue weighted by Gasteiger charge is 2.32. The molecule has 0 amide bonds. The van der Waals surface area contributed by atoms with Crippen LogP contribution < -0.4 is 0 Å². The SMILES string of the molecule is C=CCC/C(=C\COC/C(C)=C\[C@@H](C)[C@H](O)[C@H](C=C)OC)C(F)(F)F. The smallest absolute Gasteiger partial charge is 0.389 e. The first-order valence-corrected chi connectivity index (χ1v) is 8.12. The first-order valence-electron chi connectivity index (χ1n) is 8.12. The predicted molar refractivity (Wildman–Crippen MR) is 94.3 cm³/mol. The Balaban J connectivity index is 4.57. The summed E-state index contributed by atoms with van der Waals surface area (Å²) in [5, 5.41) is 10.1. The number of aliphatic hydroxyl groups is 1. The molecule has 0 rings (SSSR count). The van der Waals surface area contributed by atoms with Gasteiger partial charge in [0.1, 0.15) is 6.10 Å². The summed E-state index contributed by atoms with van der Waals surface area (Å²) in [6.07, 6.45) is 0.424. The number of alkyl halides is 3. The average Bonchev–Trinajstić information content (AvgIpc) is 2.53. The van der Waals surface area contributed by atoms with Gasteiger partial charge in [0, 0.05) is 18.6 Å². The molecule has 0 fully saturated rings. The van der Waals surface area contributed by atoms with Crippen LogP contribution in [0.5, 0.6) is 0 Å². The van der Waals surface area contributed by atoms with Crippen LogP contribution >= 0.6 is 0 Å². The van der Waals surface area contributed by atoms with Gasteiger partial charge in [-0.15, -0.1) is 13.2 Å². The Morgan fingerprint density at radius 3 is 2.40 bits per heavy atom. The molecule has 0 spiro atoms. The lowest BCUT2D eigenvalue weighted by Crippen LogP contribution is -2.31. The molecule has 25 heavy (non-hydrogen) atoms. The second-order valence-corrected chi connectivity index (χ2v) is 5.87. The maximum atomic E-state index is 12.8. The van der Waals surface area contributed by atoms with Crippen LogP contribution in [0, 0.1) is 5.92 Å².